The lowest BCUT2D eigenvalue weighted by Gasteiger charge is -2.00. The number of nitrogens with zero attached hydrogens (tertiary/aromatic N) is 1. The number of hydrogen-bond acceptors (Lipinski definition) is 4. The van der Waals surface area contributed by atoms with Gasteiger partial charge >= 0.3 is 0 Å². The van der Waals surface area contributed by atoms with E-state index in [9.17, 15) is 0 Å². The lowest BCUT2D eigenvalue weighted by atomic mass is 10.2. The van der Waals surface area contributed by atoms with E-state index in [0.29, 0.717) is 0 Å². The van der Waals surface area contributed by atoms with Crippen molar-refractivity contribution in [3.8, 4) is 0 Å². The van der Waals surface area contributed by atoms with Crippen LogP contribution in [0.5, 0.6) is 0 Å². The quantitative estimate of drug-likeness (QED) is 0.799. The van der Waals surface area contributed by atoms with Gasteiger partial charge in [-0.3, -0.25) is 0 Å². The van der Waals surface area contributed by atoms with Crippen LogP contribution in [-0.2, 0) is 5.75 Å². The molecule has 74 valence electrons. The molecule has 1 heterocycles. The first kappa shape index (κ1) is 9.96. The Balaban J connectivity index is 1.86. The van der Waals surface area contributed by atoms with E-state index in [2.05, 4.69) is 24.3 Å². The van der Waals surface area contributed by atoms with Gasteiger partial charge in [-0.05, 0) is 5.56 Å². The second-order valence-electron chi connectivity index (χ2n) is 3.01. The average molecular weight is 224 g/mol. The Morgan fingerprint density at radius 2 is 2.14 bits per heavy atom. The van der Waals surface area contributed by atoms with E-state index in [1.54, 1.807) is 16.8 Å². The summed E-state index contributed by atoms with van der Waals surface area (Å²) in [4.78, 5) is 0. The monoisotopic (exact) mass is 224 g/mol. The van der Waals surface area contributed by atoms with Crippen molar-refractivity contribution in [1.82, 2.24) is 5.01 Å². The van der Waals surface area contributed by atoms with Gasteiger partial charge in [-0.1, -0.05) is 42.1 Å². The molecule has 0 radical (unpaired) electrons. The molecule has 0 aliphatic carbocycles. The van der Waals surface area contributed by atoms with Crippen LogP contribution in [0.3, 0.4) is 0 Å². The van der Waals surface area contributed by atoms with Crippen molar-refractivity contribution in [3.63, 3.8) is 0 Å². The van der Waals surface area contributed by atoms with E-state index in [1.807, 2.05) is 24.0 Å². The number of benzene rings is 1. The highest BCUT2D eigenvalue weighted by atomic mass is 32.2. The molecule has 0 amide bonds. The third kappa shape index (κ3) is 2.70. The number of hydrogen-bond donors (Lipinski definition) is 1. The molecule has 0 saturated heterocycles. The summed E-state index contributed by atoms with van der Waals surface area (Å²) in [6.45, 7) is 0. The average Bonchev–Trinajstić information content (AvgIpc) is 2.63. The van der Waals surface area contributed by atoms with E-state index in [0.717, 1.165) is 11.6 Å². The highest BCUT2D eigenvalue weighted by Gasteiger charge is 2.09. The molecule has 0 fully saturated rings. The first-order chi connectivity index (χ1) is 6.84. The molecule has 2 N–H and O–H groups in total. The van der Waals surface area contributed by atoms with Gasteiger partial charge in [0, 0.05) is 12.0 Å². The summed E-state index contributed by atoms with van der Waals surface area (Å²) in [5.74, 6) is 7.51. The Hall–Kier alpha value is -0.580. The zero-order chi connectivity index (χ0) is 9.80. The number of nitrogens with two attached hydrogens (primary N) is 1. The third-order valence-electron chi connectivity index (χ3n) is 1.85. The van der Waals surface area contributed by atoms with Crippen molar-refractivity contribution >= 4 is 23.5 Å². The lowest BCUT2D eigenvalue weighted by Crippen LogP contribution is -2.20. The third-order valence-corrected chi connectivity index (χ3v) is 4.24. The Morgan fingerprint density at radius 3 is 2.79 bits per heavy atom. The molecule has 4 heteroatoms. The topological polar surface area (TPSA) is 29.3 Å². The van der Waals surface area contributed by atoms with Gasteiger partial charge in [0.1, 0.15) is 0 Å². The van der Waals surface area contributed by atoms with Gasteiger partial charge in [0.15, 0.2) is 0 Å². The van der Waals surface area contributed by atoms with E-state index < -0.39 is 0 Å². The molecule has 0 spiro atoms. The highest BCUT2D eigenvalue weighted by molar-refractivity contribution is 8.22. The maximum absolute atomic E-state index is 5.62. The van der Waals surface area contributed by atoms with Crippen LogP contribution in [0, 0.1) is 0 Å². The van der Waals surface area contributed by atoms with Gasteiger partial charge in [-0.2, -0.15) is 0 Å². The maximum Gasteiger partial charge on any atom is 0.0842 e. The van der Waals surface area contributed by atoms with E-state index in [-0.39, 0.29) is 0 Å². The summed E-state index contributed by atoms with van der Waals surface area (Å²) in [6, 6.07) is 10.5. The Labute approximate surface area is 92.5 Å². The molecule has 2 rings (SSSR count). The van der Waals surface area contributed by atoms with Gasteiger partial charge < -0.3 is 5.01 Å². The van der Waals surface area contributed by atoms with Crippen molar-refractivity contribution < 1.29 is 0 Å². The van der Waals surface area contributed by atoms with Crippen LogP contribution < -0.4 is 5.84 Å². The predicted molar refractivity (Wildman–Crippen MR) is 64.3 cm³/mol. The van der Waals surface area contributed by atoms with Crippen LogP contribution in [0.4, 0.5) is 0 Å². The highest BCUT2D eigenvalue weighted by Crippen LogP contribution is 2.35. The van der Waals surface area contributed by atoms with E-state index >= 15 is 0 Å². The lowest BCUT2D eigenvalue weighted by molar-refractivity contribution is 0.474. The van der Waals surface area contributed by atoms with Crippen LogP contribution in [0.1, 0.15) is 5.56 Å². The fraction of sp³-hybridized carbons (Fsp3) is 0.200. The van der Waals surface area contributed by atoms with Crippen LogP contribution in [0.25, 0.3) is 0 Å². The van der Waals surface area contributed by atoms with E-state index in [4.69, 9.17) is 5.84 Å². The molecule has 14 heavy (non-hydrogen) atoms. The van der Waals surface area contributed by atoms with Gasteiger partial charge in [-0.25, -0.2) is 5.84 Å². The van der Waals surface area contributed by atoms with Crippen molar-refractivity contribution in [1.29, 1.82) is 0 Å². The molecule has 1 aromatic rings. The molecule has 0 saturated carbocycles. The standard InChI is InChI=1S/C10H12N2S2/c11-12-6-10(14-8-12)13-7-9-4-2-1-3-5-9/h1-6H,7-8,11H2. The summed E-state index contributed by atoms with van der Waals surface area (Å²) in [5.41, 5.74) is 1.36. The zero-order valence-electron chi connectivity index (χ0n) is 7.72. The SMILES string of the molecule is NN1C=C(SCc2ccccc2)SC1. The van der Waals surface area contributed by atoms with Gasteiger partial charge in [0.2, 0.25) is 0 Å². The van der Waals surface area contributed by atoms with Gasteiger partial charge in [-0.15, -0.1) is 11.8 Å². The number of hydrazine groups is 1. The fourth-order valence-electron chi connectivity index (χ4n) is 1.16. The second kappa shape index (κ2) is 4.77. The molecule has 0 bridgehead atoms. The van der Waals surface area contributed by atoms with Crippen molar-refractivity contribution in [2.45, 2.75) is 5.75 Å². The smallest absolute Gasteiger partial charge is 0.0842 e. The molecular weight excluding hydrogens is 212 g/mol. The fourth-order valence-corrected chi connectivity index (χ4v) is 3.10. The molecule has 1 aliphatic heterocycles. The van der Waals surface area contributed by atoms with Crippen LogP contribution in [0.15, 0.2) is 40.8 Å². The first-order valence-electron chi connectivity index (χ1n) is 4.37. The number of thioether (sulfide) groups is 2. The summed E-state index contributed by atoms with van der Waals surface area (Å²) in [7, 11) is 0. The Morgan fingerprint density at radius 1 is 1.36 bits per heavy atom. The molecule has 1 aliphatic rings. The summed E-state index contributed by atoms with van der Waals surface area (Å²) in [5, 5.41) is 1.72. The Bertz CT molecular complexity index is 324. The van der Waals surface area contributed by atoms with Crippen LogP contribution in [0.2, 0.25) is 0 Å². The largest absolute Gasteiger partial charge is 0.306 e. The van der Waals surface area contributed by atoms with Crippen molar-refractivity contribution in [3.05, 3.63) is 46.3 Å². The minimum atomic E-state index is 0.872. The van der Waals surface area contributed by atoms with Crippen LogP contribution in [-0.4, -0.2) is 10.9 Å². The molecule has 0 unspecified atom stereocenters. The summed E-state index contributed by atoms with van der Waals surface area (Å²) >= 11 is 3.64. The molecule has 0 atom stereocenters. The van der Waals surface area contributed by atoms with Crippen molar-refractivity contribution in [2.75, 3.05) is 5.88 Å². The zero-order valence-corrected chi connectivity index (χ0v) is 9.35. The normalized spacial score (nSPS) is 15.8. The van der Waals surface area contributed by atoms with Crippen molar-refractivity contribution in [2.24, 2.45) is 5.84 Å². The number of rotatable bonds is 3. The minimum absolute atomic E-state index is 0.872. The van der Waals surface area contributed by atoms with E-state index in [1.165, 1.54) is 9.80 Å². The molecular formula is C10H12N2S2. The second-order valence-corrected chi connectivity index (χ2v) is 5.27. The first-order valence-corrected chi connectivity index (χ1v) is 6.34. The molecule has 0 aromatic heterocycles. The Kier molecular flexibility index (Phi) is 3.39. The predicted octanol–water partition coefficient (Wildman–Crippen LogP) is 2.60. The van der Waals surface area contributed by atoms with Crippen LogP contribution >= 0.6 is 23.5 Å². The summed E-state index contributed by atoms with van der Waals surface area (Å²) < 4.78 is 1.30. The van der Waals surface area contributed by atoms with Gasteiger partial charge in [0.05, 0.1) is 10.1 Å². The minimum Gasteiger partial charge on any atom is -0.306 e. The molecule has 1 aromatic carbocycles. The molecule has 2 nitrogen and oxygen atoms in total. The van der Waals surface area contributed by atoms with Gasteiger partial charge in [0.25, 0.3) is 0 Å². The summed E-state index contributed by atoms with van der Waals surface area (Å²) in [6.07, 6.45) is 2.00. The maximum atomic E-state index is 5.62.